The Morgan fingerprint density at radius 2 is 2.27 bits per heavy atom. The second-order valence-electron chi connectivity index (χ2n) is 3.39. The van der Waals surface area contributed by atoms with Crippen LogP contribution in [0.25, 0.3) is 0 Å². The number of benzene rings is 1. The van der Waals surface area contributed by atoms with Gasteiger partial charge in [-0.1, -0.05) is 50.9 Å². The average molecular weight is 335 g/mol. The van der Waals surface area contributed by atoms with E-state index in [9.17, 15) is 4.79 Å². The lowest BCUT2D eigenvalue weighted by molar-refractivity contribution is -0.120. The fourth-order valence-corrected chi connectivity index (χ4v) is 1.76. The minimum Gasteiger partial charge on any atom is -0.355 e. The average Bonchev–Trinajstić information content (AvgIpc) is 2.15. The highest BCUT2D eigenvalue weighted by molar-refractivity contribution is 9.10. The molecule has 0 heterocycles. The van der Waals surface area contributed by atoms with Crippen LogP contribution in [0.5, 0.6) is 0 Å². The number of carbonyl (C=O) groups excluding carboxylic acids is 1. The summed E-state index contributed by atoms with van der Waals surface area (Å²) in [5.74, 6) is 0.0550. The molecule has 1 aromatic carbocycles. The third-order valence-electron chi connectivity index (χ3n) is 1.83. The fraction of sp³-hybridized carbons (Fsp3) is 0.364. The van der Waals surface area contributed by atoms with Crippen LogP contribution in [0.3, 0.4) is 0 Å². The van der Waals surface area contributed by atoms with Crippen LogP contribution in [-0.4, -0.2) is 17.3 Å². The van der Waals surface area contributed by atoms with Crippen molar-refractivity contribution in [1.29, 1.82) is 0 Å². The molecule has 15 heavy (non-hydrogen) atoms. The Hall–Kier alpha value is -0.350. The minimum atomic E-state index is 0.0550. The van der Waals surface area contributed by atoms with Gasteiger partial charge in [0, 0.05) is 15.8 Å². The van der Waals surface area contributed by atoms with Gasteiger partial charge in [0.15, 0.2) is 0 Å². The monoisotopic (exact) mass is 333 g/mol. The fourth-order valence-electron chi connectivity index (χ4n) is 1.15. The number of carbonyl (C=O) groups is 1. The second kappa shape index (κ2) is 6.28. The molecule has 1 aromatic rings. The number of rotatable bonds is 4. The molecule has 0 spiro atoms. The first-order valence-electron chi connectivity index (χ1n) is 4.73. The Morgan fingerprint density at radius 1 is 1.53 bits per heavy atom. The minimum absolute atomic E-state index is 0.0550. The van der Waals surface area contributed by atoms with Crippen molar-refractivity contribution in [2.75, 3.05) is 6.54 Å². The van der Waals surface area contributed by atoms with Crippen LogP contribution in [0.4, 0.5) is 0 Å². The summed E-state index contributed by atoms with van der Waals surface area (Å²) >= 11 is 6.75. The maximum absolute atomic E-state index is 11.5. The van der Waals surface area contributed by atoms with E-state index < -0.39 is 0 Å². The van der Waals surface area contributed by atoms with E-state index in [0.29, 0.717) is 17.8 Å². The SMILES string of the molecule is CC(Br)CNC(=O)Cc1cccc(Br)c1. The number of amides is 1. The summed E-state index contributed by atoms with van der Waals surface area (Å²) in [6.45, 7) is 2.66. The molecule has 0 bridgehead atoms. The first kappa shape index (κ1) is 12.7. The maximum Gasteiger partial charge on any atom is 0.224 e. The Kier molecular flexibility index (Phi) is 5.32. The highest BCUT2D eigenvalue weighted by Crippen LogP contribution is 2.11. The molecule has 1 amide bonds. The summed E-state index contributed by atoms with van der Waals surface area (Å²) in [6, 6.07) is 7.78. The Morgan fingerprint density at radius 3 is 2.87 bits per heavy atom. The van der Waals surface area contributed by atoms with Gasteiger partial charge in [0.2, 0.25) is 5.91 Å². The molecule has 1 N–H and O–H groups in total. The lowest BCUT2D eigenvalue weighted by Crippen LogP contribution is -2.29. The summed E-state index contributed by atoms with van der Waals surface area (Å²) in [5, 5.41) is 2.85. The molecule has 4 heteroatoms. The molecular formula is C11H13Br2NO. The van der Waals surface area contributed by atoms with E-state index in [1.807, 2.05) is 31.2 Å². The van der Waals surface area contributed by atoms with E-state index >= 15 is 0 Å². The van der Waals surface area contributed by atoms with Crippen molar-refractivity contribution in [3.8, 4) is 0 Å². The third kappa shape index (κ3) is 5.33. The molecule has 1 atom stereocenters. The van der Waals surface area contributed by atoms with Crippen LogP contribution in [-0.2, 0) is 11.2 Å². The van der Waals surface area contributed by atoms with Crippen molar-refractivity contribution in [3.05, 3.63) is 34.3 Å². The van der Waals surface area contributed by atoms with Crippen LogP contribution in [0.2, 0.25) is 0 Å². The summed E-state index contributed by atoms with van der Waals surface area (Å²) in [4.78, 5) is 11.8. The molecule has 0 aliphatic rings. The summed E-state index contributed by atoms with van der Waals surface area (Å²) in [5.41, 5.74) is 1.02. The van der Waals surface area contributed by atoms with Crippen LogP contribution >= 0.6 is 31.9 Å². The van der Waals surface area contributed by atoms with E-state index in [0.717, 1.165) is 10.0 Å². The lowest BCUT2D eigenvalue weighted by atomic mass is 10.1. The van der Waals surface area contributed by atoms with Gasteiger partial charge in [-0.25, -0.2) is 0 Å². The standard InChI is InChI=1S/C11H13Br2NO/c1-8(12)7-14-11(15)6-9-3-2-4-10(13)5-9/h2-5,8H,6-7H2,1H3,(H,14,15). The quantitative estimate of drug-likeness (QED) is 0.843. The molecule has 0 aliphatic carbocycles. The molecule has 0 radical (unpaired) electrons. The Bertz CT molecular complexity index is 339. The van der Waals surface area contributed by atoms with Gasteiger partial charge < -0.3 is 5.32 Å². The first-order valence-corrected chi connectivity index (χ1v) is 6.44. The molecule has 0 saturated heterocycles. The van der Waals surface area contributed by atoms with Crippen molar-refractivity contribution < 1.29 is 4.79 Å². The zero-order valence-corrected chi connectivity index (χ0v) is 11.6. The van der Waals surface area contributed by atoms with Crippen LogP contribution < -0.4 is 5.32 Å². The Balaban J connectivity index is 2.44. The topological polar surface area (TPSA) is 29.1 Å². The molecule has 0 fully saturated rings. The third-order valence-corrected chi connectivity index (χ3v) is 2.65. The van der Waals surface area contributed by atoms with Crippen LogP contribution in [0, 0.1) is 0 Å². The normalized spacial score (nSPS) is 12.2. The van der Waals surface area contributed by atoms with Crippen molar-refractivity contribution in [2.24, 2.45) is 0 Å². The van der Waals surface area contributed by atoms with Crippen LogP contribution in [0.1, 0.15) is 12.5 Å². The molecule has 0 aliphatic heterocycles. The molecular weight excluding hydrogens is 322 g/mol. The van der Waals surface area contributed by atoms with Crippen LogP contribution in [0.15, 0.2) is 28.7 Å². The van der Waals surface area contributed by atoms with Gasteiger partial charge in [0.25, 0.3) is 0 Å². The summed E-state index contributed by atoms with van der Waals surface area (Å²) in [7, 11) is 0. The molecule has 82 valence electrons. The van der Waals surface area contributed by atoms with E-state index in [1.54, 1.807) is 0 Å². The van der Waals surface area contributed by atoms with Gasteiger partial charge in [0.05, 0.1) is 6.42 Å². The zero-order valence-electron chi connectivity index (χ0n) is 8.47. The molecule has 0 saturated carbocycles. The van der Waals surface area contributed by atoms with Crippen molar-refractivity contribution in [1.82, 2.24) is 5.32 Å². The predicted molar refractivity (Wildman–Crippen MR) is 69.2 cm³/mol. The van der Waals surface area contributed by atoms with E-state index in [1.165, 1.54) is 0 Å². The molecule has 1 unspecified atom stereocenters. The largest absolute Gasteiger partial charge is 0.355 e. The smallest absolute Gasteiger partial charge is 0.224 e. The van der Waals surface area contributed by atoms with E-state index in [4.69, 9.17) is 0 Å². The van der Waals surface area contributed by atoms with Gasteiger partial charge in [-0.2, -0.15) is 0 Å². The molecule has 2 nitrogen and oxygen atoms in total. The van der Waals surface area contributed by atoms with Crippen molar-refractivity contribution in [2.45, 2.75) is 18.2 Å². The van der Waals surface area contributed by atoms with Crippen molar-refractivity contribution >= 4 is 37.8 Å². The van der Waals surface area contributed by atoms with Gasteiger partial charge in [0.1, 0.15) is 0 Å². The number of nitrogens with one attached hydrogen (secondary N) is 1. The van der Waals surface area contributed by atoms with Gasteiger partial charge in [-0.15, -0.1) is 0 Å². The molecule has 0 aromatic heterocycles. The Labute approximate surface area is 107 Å². The van der Waals surface area contributed by atoms with E-state index in [-0.39, 0.29) is 5.91 Å². The lowest BCUT2D eigenvalue weighted by Gasteiger charge is -2.06. The first-order chi connectivity index (χ1) is 7.08. The number of hydrogen-bond acceptors (Lipinski definition) is 1. The predicted octanol–water partition coefficient (Wildman–Crippen LogP) is 2.89. The van der Waals surface area contributed by atoms with Gasteiger partial charge >= 0.3 is 0 Å². The summed E-state index contributed by atoms with van der Waals surface area (Å²) in [6.07, 6.45) is 0.430. The number of hydrogen-bond donors (Lipinski definition) is 1. The number of halogens is 2. The molecule has 1 rings (SSSR count). The second-order valence-corrected chi connectivity index (χ2v) is 5.87. The summed E-state index contributed by atoms with van der Waals surface area (Å²) < 4.78 is 1.00. The number of alkyl halides is 1. The van der Waals surface area contributed by atoms with Gasteiger partial charge in [-0.05, 0) is 17.7 Å². The zero-order chi connectivity index (χ0) is 11.3. The highest BCUT2D eigenvalue weighted by atomic mass is 79.9. The van der Waals surface area contributed by atoms with Gasteiger partial charge in [-0.3, -0.25) is 4.79 Å². The van der Waals surface area contributed by atoms with Crippen molar-refractivity contribution in [3.63, 3.8) is 0 Å². The van der Waals surface area contributed by atoms with E-state index in [2.05, 4.69) is 37.2 Å². The highest BCUT2D eigenvalue weighted by Gasteiger charge is 2.04. The maximum atomic E-state index is 11.5.